The maximum Gasteiger partial charge on any atom is 0.259 e. The summed E-state index contributed by atoms with van der Waals surface area (Å²) in [6.45, 7) is 0.272. The fourth-order valence-electron chi connectivity index (χ4n) is 3.85. The van der Waals surface area contributed by atoms with Crippen LogP contribution in [0.3, 0.4) is 0 Å². The molecular formula is C23H14FNO2. The molecule has 1 aliphatic rings. The molecule has 0 aliphatic heterocycles. The van der Waals surface area contributed by atoms with E-state index in [0.29, 0.717) is 27.6 Å². The lowest BCUT2D eigenvalue weighted by molar-refractivity contribution is 0.104. The van der Waals surface area contributed by atoms with Crippen molar-refractivity contribution >= 4 is 16.6 Å². The number of fused-ring (bicyclic) bond motifs is 5. The minimum absolute atomic E-state index is 0.0651. The number of rotatable bonds is 2. The van der Waals surface area contributed by atoms with Gasteiger partial charge in [0.1, 0.15) is 5.82 Å². The average molecular weight is 355 g/mol. The predicted molar refractivity (Wildman–Crippen MR) is 103 cm³/mol. The van der Waals surface area contributed by atoms with Gasteiger partial charge < -0.3 is 4.57 Å². The van der Waals surface area contributed by atoms with Crippen LogP contribution in [0.15, 0.2) is 77.6 Å². The number of aromatic nitrogens is 1. The summed E-state index contributed by atoms with van der Waals surface area (Å²) in [4.78, 5) is 26.4. The van der Waals surface area contributed by atoms with Gasteiger partial charge in [-0.15, -0.1) is 0 Å². The van der Waals surface area contributed by atoms with Gasteiger partial charge >= 0.3 is 0 Å². The van der Waals surface area contributed by atoms with E-state index < -0.39 is 0 Å². The molecule has 1 aliphatic carbocycles. The van der Waals surface area contributed by atoms with E-state index in [1.807, 2.05) is 30.3 Å². The number of ketones is 1. The molecule has 0 saturated heterocycles. The summed E-state index contributed by atoms with van der Waals surface area (Å²) in [6, 6.07) is 20.6. The van der Waals surface area contributed by atoms with Crippen LogP contribution in [0.25, 0.3) is 22.0 Å². The zero-order valence-electron chi connectivity index (χ0n) is 14.3. The molecule has 0 saturated carbocycles. The molecule has 27 heavy (non-hydrogen) atoms. The lowest BCUT2D eigenvalue weighted by Crippen LogP contribution is -2.23. The highest BCUT2D eigenvalue weighted by Gasteiger charge is 2.32. The fourth-order valence-corrected chi connectivity index (χ4v) is 3.85. The van der Waals surface area contributed by atoms with E-state index in [1.165, 1.54) is 12.1 Å². The molecule has 0 fully saturated rings. The Morgan fingerprint density at radius 2 is 1.37 bits per heavy atom. The van der Waals surface area contributed by atoms with Crippen molar-refractivity contribution < 1.29 is 9.18 Å². The second-order valence-corrected chi connectivity index (χ2v) is 6.66. The van der Waals surface area contributed by atoms with Gasteiger partial charge in [-0.3, -0.25) is 9.59 Å². The first-order chi connectivity index (χ1) is 13.1. The second kappa shape index (κ2) is 5.74. The van der Waals surface area contributed by atoms with Gasteiger partial charge in [0.2, 0.25) is 0 Å². The van der Waals surface area contributed by atoms with Crippen LogP contribution in [0.2, 0.25) is 0 Å². The van der Waals surface area contributed by atoms with Crippen molar-refractivity contribution in [2.45, 2.75) is 6.54 Å². The van der Waals surface area contributed by atoms with Crippen LogP contribution in [0.5, 0.6) is 0 Å². The Balaban J connectivity index is 1.86. The molecule has 1 aromatic heterocycles. The van der Waals surface area contributed by atoms with Gasteiger partial charge in [-0.05, 0) is 23.8 Å². The third-order valence-electron chi connectivity index (χ3n) is 5.09. The Hall–Kier alpha value is -3.53. The second-order valence-electron chi connectivity index (χ2n) is 6.66. The zero-order chi connectivity index (χ0) is 18.5. The number of pyridine rings is 1. The molecular weight excluding hydrogens is 341 g/mol. The van der Waals surface area contributed by atoms with Gasteiger partial charge in [0.05, 0.1) is 17.8 Å². The van der Waals surface area contributed by atoms with Gasteiger partial charge in [-0.1, -0.05) is 54.6 Å². The van der Waals surface area contributed by atoms with Crippen LogP contribution in [-0.4, -0.2) is 10.4 Å². The Morgan fingerprint density at radius 1 is 0.741 bits per heavy atom. The molecule has 1 heterocycles. The summed E-state index contributed by atoms with van der Waals surface area (Å²) in [5.41, 5.74) is 3.22. The molecule has 4 heteroatoms. The van der Waals surface area contributed by atoms with Crippen LogP contribution >= 0.6 is 0 Å². The number of nitrogens with zero attached hydrogens (tertiary/aromatic N) is 1. The Bertz CT molecular complexity index is 1290. The van der Waals surface area contributed by atoms with E-state index in [4.69, 9.17) is 0 Å². The summed E-state index contributed by atoms with van der Waals surface area (Å²) < 4.78 is 14.9. The van der Waals surface area contributed by atoms with Gasteiger partial charge in [0.25, 0.3) is 5.56 Å². The quantitative estimate of drug-likeness (QED) is 0.471. The first-order valence-electron chi connectivity index (χ1n) is 8.69. The van der Waals surface area contributed by atoms with E-state index >= 15 is 0 Å². The molecule has 0 bridgehead atoms. The topological polar surface area (TPSA) is 39.1 Å². The molecule has 130 valence electrons. The first-order valence-corrected chi connectivity index (χ1v) is 8.69. The maximum absolute atomic E-state index is 13.3. The monoisotopic (exact) mass is 355 g/mol. The standard InChI is InChI=1S/C23H14FNO2/c24-15-11-9-14(10-12-15)13-25-21-17-6-2-3-7-18(17)22(26)20(21)16-5-1-4-8-19(16)23(25)27/h1-12H,13H2. The Morgan fingerprint density at radius 3 is 2.11 bits per heavy atom. The number of halogens is 1. The van der Waals surface area contributed by atoms with Crippen LogP contribution < -0.4 is 5.56 Å². The number of hydrogen-bond acceptors (Lipinski definition) is 2. The Kier molecular flexibility index (Phi) is 3.34. The summed E-state index contributed by atoms with van der Waals surface area (Å²) in [5.74, 6) is -0.389. The number of carbonyl (C=O) groups excluding carboxylic acids is 1. The molecule has 0 spiro atoms. The fraction of sp³-hybridized carbons (Fsp3) is 0.0435. The van der Waals surface area contributed by atoms with E-state index in [2.05, 4.69) is 0 Å². The van der Waals surface area contributed by atoms with Crippen molar-refractivity contribution in [3.63, 3.8) is 0 Å². The van der Waals surface area contributed by atoms with Crippen molar-refractivity contribution in [2.24, 2.45) is 0 Å². The van der Waals surface area contributed by atoms with E-state index in [9.17, 15) is 14.0 Å². The molecule has 0 unspecified atom stereocenters. The highest BCUT2D eigenvalue weighted by atomic mass is 19.1. The minimum Gasteiger partial charge on any atom is -0.303 e. The van der Waals surface area contributed by atoms with Crippen LogP contribution in [-0.2, 0) is 6.54 Å². The van der Waals surface area contributed by atoms with Crippen LogP contribution in [0.4, 0.5) is 4.39 Å². The lowest BCUT2D eigenvalue weighted by Gasteiger charge is -2.15. The van der Waals surface area contributed by atoms with Gasteiger partial charge in [0.15, 0.2) is 5.78 Å². The largest absolute Gasteiger partial charge is 0.303 e. The van der Waals surface area contributed by atoms with E-state index in [1.54, 1.807) is 34.9 Å². The molecule has 0 atom stereocenters. The summed E-state index contributed by atoms with van der Waals surface area (Å²) in [6.07, 6.45) is 0. The number of carbonyl (C=O) groups is 1. The zero-order valence-corrected chi connectivity index (χ0v) is 14.3. The third-order valence-corrected chi connectivity index (χ3v) is 5.09. The molecule has 0 radical (unpaired) electrons. The Labute approximate surface area is 154 Å². The van der Waals surface area contributed by atoms with Crippen molar-refractivity contribution in [1.82, 2.24) is 4.57 Å². The summed E-state index contributed by atoms with van der Waals surface area (Å²) in [5, 5.41) is 1.19. The highest BCUT2D eigenvalue weighted by Crippen LogP contribution is 2.39. The normalized spacial score (nSPS) is 12.3. The lowest BCUT2D eigenvalue weighted by atomic mass is 10.0. The first kappa shape index (κ1) is 15.7. The molecule has 5 rings (SSSR count). The van der Waals surface area contributed by atoms with Crippen molar-refractivity contribution in [3.05, 3.63) is 106 Å². The van der Waals surface area contributed by atoms with Crippen LogP contribution in [0.1, 0.15) is 21.5 Å². The van der Waals surface area contributed by atoms with E-state index in [0.717, 1.165) is 11.1 Å². The van der Waals surface area contributed by atoms with Gasteiger partial charge in [-0.2, -0.15) is 0 Å². The number of benzene rings is 3. The van der Waals surface area contributed by atoms with Gasteiger partial charge in [0, 0.05) is 21.9 Å². The number of hydrogen-bond donors (Lipinski definition) is 0. The van der Waals surface area contributed by atoms with Crippen molar-refractivity contribution in [2.75, 3.05) is 0 Å². The predicted octanol–water partition coefficient (Wildman–Crippen LogP) is 4.40. The SMILES string of the molecule is O=C1c2ccccc2-c2c1c1ccccc1c(=O)n2Cc1ccc(F)cc1. The molecule has 3 nitrogen and oxygen atoms in total. The smallest absolute Gasteiger partial charge is 0.259 e. The van der Waals surface area contributed by atoms with Crippen LogP contribution in [0, 0.1) is 5.82 Å². The molecule has 0 amide bonds. The van der Waals surface area contributed by atoms with Crippen molar-refractivity contribution in [3.8, 4) is 11.3 Å². The summed E-state index contributed by atoms with van der Waals surface area (Å²) >= 11 is 0. The third kappa shape index (κ3) is 2.27. The maximum atomic E-state index is 13.3. The highest BCUT2D eigenvalue weighted by molar-refractivity contribution is 6.26. The summed E-state index contributed by atoms with van der Waals surface area (Å²) in [7, 11) is 0. The molecule has 3 aromatic carbocycles. The molecule has 4 aromatic rings. The average Bonchev–Trinajstić information content (AvgIpc) is 3.00. The molecule has 0 N–H and O–H groups in total. The van der Waals surface area contributed by atoms with E-state index in [-0.39, 0.29) is 23.7 Å². The van der Waals surface area contributed by atoms with Gasteiger partial charge in [-0.25, -0.2) is 4.39 Å². The van der Waals surface area contributed by atoms with Crippen molar-refractivity contribution in [1.29, 1.82) is 0 Å². The minimum atomic E-state index is -0.324.